The molecular weight excluding hydrogens is 363 g/mol. The Labute approximate surface area is 160 Å². The van der Waals surface area contributed by atoms with Crippen molar-refractivity contribution in [1.29, 1.82) is 5.26 Å². The predicted octanol–water partition coefficient (Wildman–Crippen LogP) is 5.11. The first kappa shape index (κ1) is 18.5. The lowest BCUT2D eigenvalue weighted by Crippen LogP contribution is -2.13. The zero-order valence-corrected chi connectivity index (χ0v) is 15.2. The van der Waals surface area contributed by atoms with E-state index in [-0.39, 0.29) is 11.7 Å². The summed E-state index contributed by atoms with van der Waals surface area (Å²) in [5.74, 6) is -0.810. The Morgan fingerprint density at radius 1 is 1.07 bits per heavy atom. The second-order valence-electron chi connectivity index (χ2n) is 5.51. The molecule has 134 valence electrons. The Morgan fingerprint density at radius 2 is 1.78 bits per heavy atom. The van der Waals surface area contributed by atoms with Gasteiger partial charge in [-0.25, -0.2) is 4.39 Å². The summed E-state index contributed by atoms with van der Waals surface area (Å²) in [7, 11) is 1.38. The maximum atomic E-state index is 13.8. The summed E-state index contributed by atoms with van der Waals surface area (Å²) < 4.78 is 18.7. The molecule has 6 heteroatoms. The fourth-order valence-electron chi connectivity index (χ4n) is 2.45. The minimum absolute atomic E-state index is 0.108. The minimum atomic E-state index is -0.555. The van der Waals surface area contributed by atoms with Crippen LogP contribution in [0.5, 0.6) is 5.75 Å². The van der Waals surface area contributed by atoms with Crippen LogP contribution in [-0.4, -0.2) is 13.0 Å². The number of nitrogens with one attached hydrogen (secondary N) is 1. The lowest BCUT2D eigenvalue weighted by molar-refractivity contribution is 0.102. The molecule has 0 aliphatic carbocycles. The molecule has 1 amide bonds. The van der Waals surface area contributed by atoms with Crippen LogP contribution in [0, 0.1) is 17.1 Å². The van der Waals surface area contributed by atoms with Crippen molar-refractivity contribution < 1.29 is 13.9 Å². The molecule has 0 aliphatic heterocycles. The molecule has 3 aromatic rings. The molecule has 0 radical (unpaired) electrons. The number of nitriles is 1. The molecule has 3 rings (SSSR count). The van der Waals surface area contributed by atoms with Crippen LogP contribution in [0.15, 0.2) is 76.5 Å². The van der Waals surface area contributed by atoms with Crippen molar-refractivity contribution in [3.63, 3.8) is 0 Å². The van der Waals surface area contributed by atoms with E-state index in [1.807, 2.05) is 24.3 Å². The molecule has 0 heterocycles. The van der Waals surface area contributed by atoms with Crippen molar-refractivity contribution in [1.82, 2.24) is 0 Å². The molecule has 0 aliphatic rings. The summed E-state index contributed by atoms with van der Waals surface area (Å²) in [5.41, 5.74) is 1.30. The van der Waals surface area contributed by atoms with Crippen LogP contribution in [0.25, 0.3) is 0 Å². The number of benzene rings is 3. The summed E-state index contributed by atoms with van der Waals surface area (Å²) in [6.45, 7) is 0. The van der Waals surface area contributed by atoms with Gasteiger partial charge >= 0.3 is 0 Å². The highest BCUT2D eigenvalue weighted by Crippen LogP contribution is 2.33. The Morgan fingerprint density at radius 3 is 2.48 bits per heavy atom. The van der Waals surface area contributed by atoms with Crippen LogP contribution in [-0.2, 0) is 0 Å². The highest BCUT2D eigenvalue weighted by atomic mass is 32.2. The smallest absolute Gasteiger partial charge is 0.256 e. The molecule has 0 atom stereocenters. The Hall–Kier alpha value is -3.30. The fraction of sp³-hybridized carbons (Fsp3) is 0.0476. The lowest BCUT2D eigenvalue weighted by atomic mass is 10.2. The van der Waals surface area contributed by atoms with Crippen molar-refractivity contribution in [2.24, 2.45) is 0 Å². The van der Waals surface area contributed by atoms with Crippen molar-refractivity contribution in [3.8, 4) is 11.8 Å². The largest absolute Gasteiger partial charge is 0.494 e. The summed E-state index contributed by atoms with van der Waals surface area (Å²) >= 11 is 1.34. The molecular formula is C21H15FN2O2S. The normalized spacial score (nSPS) is 10.1. The van der Waals surface area contributed by atoms with Crippen LogP contribution in [0.3, 0.4) is 0 Å². The zero-order chi connectivity index (χ0) is 19.2. The molecule has 0 aromatic heterocycles. The third kappa shape index (κ3) is 4.27. The van der Waals surface area contributed by atoms with Crippen LogP contribution in [0.2, 0.25) is 0 Å². The van der Waals surface area contributed by atoms with Crippen LogP contribution in [0.4, 0.5) is 10.1 Å². The number of anilines is 1. The Balaban J connectivity index is 1.86. The first-order valence-corrected chi connectivity index (χ1v) is 8.85. The molecule has 0 unspecified atom stereocenters. The lowest BCUT2D eigenvalue weighted by Gasteiger charge is -2.11. The SMILES string of the molecule is COc1ccc(NC(=O)c2ccccc2Sc2ccccc2C#N)cc1F. The average Bonchev–Trinajstić information content (AvgIpc) is 2.69. The topological polar surface area (TPSA) is 62.1 Å². The van der Waals surface area contributed by atoms with Crippen molar-refractivity contribution >= 4 is 23.4 Å². The standard InChI is InChI=1S/C21H15FN2O2S/c1-26-18-11-10-15(12-17(18)22)24-21(25)16-7-3-5-9-20(16)27-19-8-4-2-6-14(19)13-23/h2-12H,1H3,(H,24,25). The third-order valence-electron chi connectivity index (χ3n) is 3.77. The van der Waals surface area contributed by atoms with E-state index in [1.54, 1.807) is 30.3 Å². The molecule has 1 N–H and O–H groups in total. The fourth-order valence-corrected chi connectivity index (χ4v) is 3.48. The van der Waals surface area contributed by atoms with Crippen LogP contribution in [0.1, 0.15) is 15.9 Å². The quantitative estimate of drug-likeness (QED) is 0.670. The summed E-state index contributed by atoms with van der Waals surface area (Å²) in [4.78, 5) is 14.2. The number of carbonyl (C=O) groups is 1. The van der Waals surface area contributed by atoms with Crippen molar-refractivity contribution in [2.45, 2.75) is 9.79 Å². The minimum Gasteiger partial charge on any atom is -0.494 e. The van der Waals surface area contributed by atoms with Gasteiger partial charge in [-0.15, -0.1) is 0 Å². The van der Waals surface area contributed by atoms with Gasteiger partial charge < -0.3 is 10.1 Å². The van der Waals surface area contributed by atoms with Crippen LogP contribution < -0.4 is 10.1 Å². The second-order valence-corrected chi connectivity index (χ2v) is 6.59. The van der Waals surface area contributed by atoms with Crippen molar-refractivity contribution in [2.75, 3.05) is 12.4 Å². The van der Waals surface area contributed by atoms with Gasteiger partial charge in [0.25, 0.3) is 5.91 Å². The summed E-state index contributed by atoms with van der Waals surface area (Å²) in [6.07, 6.45) is 0. The molecule has 3 aromatic carbocycles. The number of halogens is 1. The average molecular weight is 378 g/mol. The number of nitrogens with zero attached hydrogens (tertiary/aromatic N) is 1. The van der Waals surface area contributed by atoms with Gasteiger partial charge in [0.1, 0.15) is 6.07 Å². The summed E-state index contributed by atoms with van der Waals surface area (Å²) in [5, 5.41) is 11.9. The molecule has 4 nitrogen and oxygen atoms in total. The molecule has 0 spiro atoms. The Bertz CT molecular complexity index is 1030. The third-order valence-corrected chi connectivity index (χ3v) is 4.92. The maximum absolute atomic E-state index is 13.8. The number of ether oxygens (including phenoxy) is 1. The van der Waals surface area contributed by atoms with E-state index in [1.165, 1.54) is 31.0 Å². The number of carbonyl (C=O) groups excluding carboxylic acids is 1. The first-order chi connectivity index (χ1) is 13.1. The number of hydrogen-bond donors (Lipinski definition) is 1. The maximum Gasteiger partial charge on any atom is 0.256 e. The first-order valence-electron chi connectivity index (χ1n) is 8.03. The van der Waals surface area contributed by atoms with Gasteiger partial charge in [-0.2, -0.15) is 5.26 Å². The number of hydrogen-bond acceptors (Lipinski definition) is 4. The van der Waals surface area contributed by atoms with E-state index in [0.717, 1.165) is 4.90 Å². The van der Waals surface area contributed by atoms with Gasteiger partial charge in [0.2, 0.25) is 0 Å². The van der Waals surface area contributed by atoms with E-state index in [2.05, 4.69) is 11.4 Å². The predicted molar refractivity (Wildman–Crippen MR) is 103 cm³/mol. The second kappa shape index (κ2) is 8.39. The van der Waals surface area contributed by atoms with Gasteiger partial charge in [0, 0.05) is 21.5 Å². The van der Waals surface area contributed by atoms with Gasteiger partial charge in [-0.3, -0.25) is 4.79 Å². The van der Waals surface area contributed by atoms with Crippen LogP contribution >= 0.6 is 11.8 Å². The number of methoxy groups -OCH3 is 1. The van der Waals surface area contributed by atoms with Gasteiger partial charge in [0.15, 0.2) is 11.6 Å². The molecule has 0 bridgehead atoms. The van der Waals surface area contributed by atoms with E-state index in [9.17, 15) is 14.4 Å². The molecule has 27 heavy (non-hydrogen) atoms. The van der Waals surface area contributed by atoms with Gasteiger partial charge in [-0.1, -0.05) is 36.0 Å². The van der Waals surface area contributed by atoms with Gasteiger partial charge in [-0.05, 0) is 36.4 Å². The summed E-state index contributed by atoms with van der Waals surface area (Å²) in [6, 6.07) is 20.6. The van der Waals surface area contributed by atoms with E-state index in [0.29, 0.717) is 21.7 Å². The highest BCUT2D eigenvalue weighted by Gasteiger charge is 2.14. The molecule has 0 fully saturated rings. The zero-order valence-electron chi connectivity index (χ0n) is 14.4. The molecule has 0 saturated carbocycles. The van der Waals surface area contributed by atoms with E-state index in [4.69, 9.17) is 4.74 Å². The van der Waals surface area contributed by atoms with E-state index >= 15 is 0 Å². The monoisotopic (exact) mass is 378 g/mol. The number of rotatable bonds is 5. The molecule has 0 saturated heterocycles. The number of amides is 1. The van der Waals surface area contributed by atoms with Crippen molar-refractivity contribution in [3.05, 3.63) is 83.7 Å². The Kier molecular flexibility index (Phi) is 5.74. The van der Waals surface area contributed by atoms with Gasteiger partial charge in [0.05, 0.1) is 18.2 Å². The highest BCUT2D eigenvalue weighted by molar-refractivity contribution is 7.99. The van der Waals surface area contributed by atoms with E-state index < -0.39 is 5.82 Å².